The third kappa shape index (κ3) is 4.76. The predicted octanol–water partition coefficient (Wildman–Crippen LogP) is 1.67. The van der Waals surface area contributed by atoms with Crippen molar-refractivity contribution in [2.24, 2.45) is 0 Å². The van der Waals surface area contributed by atoms with Crippen LogP contribution in [0.1, 0.15) is 27.2 Å². The maximum atomic E-state index is 12.9. The highest BCUT2D eigenvalue weighted by Crippen LogP contribution is 2.52. The average Bonchev–Trinajstić information content (AvgIpc) is 3.48. The molecule has 2 saturated heterocycles. The summed E-state index contributed by atoms with van der Waals surface area (Å²) in [5.74, 6) is -1.40. The summed E-state index contributed by atoms with van der Waals surface area (Å²) in [6.45, 7) is 4.99. The number of methoxy groups -OCH3 is 2. The highest BCUT2D eigenvalue weighted by atomic mass is 16.7. The van der Waals surface area contributed by atoms with Gasteiger partial charge in [0.2, 0.25) is 11.4 Å². The summed E-state index contributed by atoms with van der Waals surface area (Å²) in [5.41, 5.74) is -1.13. The van der Waals surface area contributed by atoms with Crippen molar-refractivity contribution in [1.29, 1.82) is 0 Å². The van der Waals surface area contributed by atoms with Crippen molar-refractivity contribution < 1.29 is 33.7 Å². The van der Waals surface area contributed by atoms with E-state index in [1.54, 1.807) is 56.4 Å². The van der Waals surface area contributed by atoms with E-state index in [2.05, 4.69) is 5.32 Å². The van der Waals surface area contributed by atoms with Gasteiger partial charge in [0.25, 0.3) is 5.91 Å². The number of esters is 1. The largest absolute Gasteiger partial charge is 0.465 e. The molecule has 0 aromatic heterocycles. The first kappa shape index (κ1) is 24.5. The van der Waals surface area contributed by atoms with Crippen LogP contribution in [-0.4, -0.2) is 61.0 Å². The van der Waals surface area contributed by atoms with E-state index < -0.39 is 35.1 Å². The minimum Gasteiger partial charge on any atom is -0.465 e. The molecule has 1 amide bonds. The molecule has 2 heterocycles. The van der Waals surface area contributed by atoms with Gasteiger partial charge in [-0.25, -0.2) is 4.79 Å². The van der Waals surface area contributed by atoms with E-state index in [-0.39, 0.29) is 13.0 Å². The van der Waals surface area contributed by atoms with E-state index in [1.165, 1.54) is 14.2 Å². The molecule has 8 heteroatoms. The Labute approximate surface area is 181 Å². The van der Waals surface area contributed by atoms with E-state index in [9.17, 15) is 19.5 Å². The Morgan fingerprint density at radius 2 is 1.94 bits per heavy atom. The van der Waals surface area contributed by atoms with Crippen LogP contribution in [0.4, 0.5) is 0 Å². The van der Waals surface area contributed by atoms with E-state index >= 15 is 0 Å². The normalized spacial score (nSPS) is 28.8. The fraction of sp³-hybridized carbons (Fsp3) is 0.435. The maximum absolute atomic E-state index is 12.9. The van der Waals surface area contributed by atoms with Gasteiger partial charge in [0, 0.05) is 20.1 Å². The fourth-order valence-electron chi connectivity index (χ4n) is 3.51. The number of Topliss-reactive ketones (excluding diaryl/α,β-unsaturated/α-hetero) is 1. The molecule has 2 fully saturated rings. The summed E-state index contributed by atoms with van der Waals surface area (Å²) in [6.07, 6.45) is 11.3. The van der Waals surface area contributed by atoms with Crippen molar-refractivity contribution >= 4 is 17.7 Å². The van der Waals surface area contributed by atoms with Gasteiger partial charge in [-0.05, 0) is 32.4 Å². The molecular formula is C23H29NO7. The molecule has 0 unspecified atom stereocenters. The number of fused-ring (bicyclic) bond motifs is 1. The standard InChI is InChI=1S/C23H29NO7/c1-6-17(19(27)29-4)14-15(2)10-8-7-9-11-16(3)18(26)23-20(31-23)22(30-5,12-13-25)24-21(23)28/h6-11,14,20,25H,12-13H2,1-5H3,(H,24,28)/b9-7+,10-8+,15-14+,16-11+,17-6+/t20-,22-,23-/m0/s1. The van der Waals surface area contributed by atoms with Crippen LogP contribution in [0.2, 0.25) is 0 Å². The summed E-state index contributed by atoms with van der Waals surface area (Å²) in [5, 5.41) is 11.9. The zero-order valence-electron chi connectivity index (χ0n) is 18.4. The molecule has 0 radical (unpaired) electrons. The first-order valence-corrected chi connectivity index (χ1v) is 9.88. The SMILES string of the molecule is C\C=C(/C=C(C)/C=C/C=C/C=C(\C)C(=O)[C@]12O[C@H]1[C@](CCO)(OC)NC2=O)C(=O)OC. The molecule has 3 atom stereocenters. The van der Waals surface area contributed by atoms with Crippen molar-refractivity contribution in [3.05, 3.63) is 59.3 Å². The zero-order chi connectivity index (χ0) is 23.2. The fourth-order valence-corrected chi connectivity index (χ4v) is 3.51. The van der Waals surface area contributed by atoms with Crippen LogP contribution in [0.5, 0.6) is 0 Å². The van der Waals surface area contributed by atoms with Crippen LogP contribution < -0.4 is 5.32 Å². The molecule has 8 nitrogen and oxygen atoms in total. The third-order valence-electron chi connectivity index (χ3n) is 5.29. The monoisotopic (exact) mass is 431 g/mol. The van der Waals surface area contributed by atoms with E-state index in [4.69, 9.17) is 14.2 Å². The zero-order valence-corrected chi connectivity index (χ0v) is 18.4. The topological polar surface area (TPSA) is 114 Å². The molecule has 0 spiro atoms. The molecule has 2 aliphatic rings. The van der Waals surface area contributed by atoms with Crippen LogP contribution in [0.3, 0.4) is 0 Å². The van der Waals surface area contributed by atoms with Crippen molar-refractivity contribution in [1.82, 2.24) is 5.32 Å². The minimum absolute atomic E-state index is 0.125. The van der Waals surface area contributed by atoms with Gasteiger partial charge in [-0.2, -0.15) is 0 Å². The third-order valence-corrected chi connectivity index (χ3v) is 5.29. The Hall–Kier alpha value is -2.81. The number of carbonyl (C=O) groups is 3. The Balaban J connectivity index is 2.04. The Morgan fingerprint density at radius 1 is 1.23 bits per heavy atom. The second kappa shape index (κ2) is 10.00. The highest BCUT2D eigenvalue weighted by molar-refractivity contribution is 6.21. The predicted molar refractivity (Wildman–Crippen MR) is 114 cm³/mol. The number of epoxide rings is 1. The van der Waals surface area contributed by atoms with Crippen molar-refractivity contribution in [3.8, 4) is 0 Å². The lowest BCUT2D eigenvalue weighted by Gasteiger charge is -2.27. The number of carbonyl (C=O) groups excluding carboxylic acids is 3. The number of aliphatic hydroxyl groups is 1. The summed E-state index contributed by atoms with van der Waals surface area (Å²) in [7, 11) is 2.73. The molecular weight excluding hydrogens is 402 g/mol. The van der Waals surface area contributed by atoms with Gasteiger partial charge in [0.1, 0.15) is 0 Å². The van der Waals surface area contributed by atoms with Gasteiger partial charge in [-0.15, -0.1) is 0 Å². The first-order valence-electron chi connectivity index (χ1n) is 9.88. The van der Waals surface area contributed by atoms with Crippen LogP contribution in [0.25, 0.3) is 0 Å². The minimum atomic E-state index is -1.59. The van der Waals surface area contributed by atoms with Gasteiger partial charge in [-0.1, -0.05) is 42.0 Å². The quantitative estimate of drug-likeness (QED) is 0.178. The number of ketones is 1. The first-order chi connectivity index (χ1) is 14.7. The summed E-state index contributed by atoms with van der Waals surface area (Å²) in [4.78, 5) is 36.9. The number of hydrogen-bond donors (Lipinski definition) is 2. The van der Waals surface area contributed by atoms with Crippen LogP contribution in [-0.2, 0) is 28.6 Å². The van der Waals surface area contributed by atoms with Crippen LogP contribution in [0.15, 0.2) is 59.3 Å². The van der Waals surface area contributed by atoms with E-state index in [1.807, 2.05) is 6.92 Å². The number of aliphatic hydroxyl groups excluding tert-OH is 1. The van der Waals surface area contributed by atoms with Gasteiger partial charge >= 0.3 is 5.97 Å². The number of rotatable bonds is 10. The lowest BCUT2D eigenvalue weighted by Crippen LogP contribution is -2.50. The van der Waals surface area contributed by atoms with Gasteiger partial charge in [0.05, 0.1) is 12.7 Å². The van der Waals surface area contributed by atoms with Gasteiger partial charge < -0.3 is 24.6 Å². The molecule has 0 aromatic rings. The second-order valence-corrected chi connectivity index (χ2v) is 7.30. The van der Waals surface area contributed by atoms with Crippen LogP contribution in [0, 0.1) is 0 Å². The second-order valence-electron chi connectivity index (χ2n) is 7.30. The lowest BCUT2D eigenvalue weighted by atomic mass is 9.92. The van der Waals surface area contributed by atoms with Crippen molar-refractivity contribution in [2.45, 2.75) is 44.6 Å². The van der Waals surface area contributed by atoms with E-state index in [0.717, 1.165) is 5.57 Å². The molecule has 0 aliphatic carbocycles. The molecule has 2 N–H and O–H groups in total. The van der Waals surface area contributed by atoms with E-state index in [0.29, 0.717) is 11.1 Å². The number of nitrogens with one attached hydrogen (secondary N) is 1. The number of amides is 1. The molecule has 0 aromatic carbocycles. The molecule has 2 aliphatic heterocycles. The molecule has 168 valence electrons. The Kier molecular flexibility index (Phi) is 7.89. The average molecular weight is 431 g/mol. The Morgan fingerprint density at radius 3 is 2.48 bits per heavy atom. The maximum Gasteiger partial charge on any atom is 0.337 e. The molecule has 0 saturated carbocycles. The summed E-state index contributed by atoms with van der Waals surface area (Å²) < 4.78 is 15.6. The molecule has 0 bridgehead atoms. The summed E-state index contributed by atoms with van der Waals surface area (Å²) in [6, 6.07) is 0. The van der Waals surface area contributed by atoms with Crippen molar-refractivity contribution in [3.63, 3.8) is 0 Å². The number of hydrogen-bond acceptors (Lipinski definition) is 7. The summed E-state index contributed by atoms with van der Waals surface area (Å²) >= 11 is 0. The van der Waals surface area contributed by atoms with Crippen LogP contribution >= 0.6 is 0 Å². The number of morpholine rings is 1. The van der Waals surface area contributed by atoms with Gasteiger partial charge in [-0.3, -0.25) is 9.59 Å². The molecule has 31 heavy (non-hydrogen) atoms. The lowest BCUT2D eigenvalue weighted by molar-refractivity contribution is -0.140. The smallest absolute Gasteiger partial charge is 0.337 e. The molecule has 2 rings (SSSR count). The van der Waals surface area contributed by atoms with Crippen molar-refractivity contribution in [2.75, 3.05) is 20.8 Å². The highest BCUT2D eigenvalue weighted by Gasteiger charge is 2.80. The van der Waals surface area contributed by atoms with Gasteiger partial charge in [0.15, 0.2) is 11.8 Å². The number of ether oxygens (including phenoxy) is 3. The number of allylic oxidation sites excluding steroid dienone is 7. The Bertz CT molecular complexity index is 896.